The molecule has 1 amide bonds. The predicted octanol–water partition coefficient (Wildman–Crippen LogP) is 1.59. The Morgan fingerprint density at radius 1 is 1.23 bits per heavy atom. The van der Waals surface area contributed by atoms with Gasteiger partial charge >= 0.3 is 0 Å². The molecule has 7 nitrogen and oxygen atoms in total. The summed E-state index contributed by atoms with van der Waals surface area (Å²) in [4.78, 5) is 17.5. The van der Waals surface area contributed by atoms with Crippen LogP contribution in [-0.4, -0.2) is 75.6 Å². The summed E-state index contributed by atoms with van der Waals surface area (Å²) in [6, 6.07) is 10.4. The van der Waals surface area contributed by atoms with Crippen molar-refractivity contribution in [2.24, 2.45) is 0 Å². The highest BCUT2D eigenvalue weighted by molar-refractivity contribution is 5.93. The smallest absolute Gasteiger partial charge is 0.274 e. The van der Waals surface area contributed by atoms with Crippen molar-refractivity contribution in [3.63, 3.8) is 0 Å². The van der Waals surface area contributed by atoms with Crippen LogP contribution in [0.1, 0.15) is 30.3 Å². The number of carbonyl (C=O) groups is 1. The van der Waals surface area contributed by atoms with Gasteiger partial charge in [0.05, 0.1) is 31.1 Å². The van der Waals surface area contributed by atoms with Gasteiger partial charge in [0.15, 0.2) is 5.69 Å². The fourth-order valence-corrected chi connectivity index (χ4v) is 4.00. The zero-order valence-corrected chi connectivity index (χ0v) is 15.1. The highest BCUT2D eigenvalue weighted by Gasteiger charge is 2.37. The van der Waals surface area contributed by atoms with Crippen LogP contribution in [-0.2, 0) is 4.74 Å². The van der Waals surface area contributed by atoms with Gasteiger partial charge in [-0.3, -0.25) is 9.69 Å². The van der Waals surface area contributed by atoms with Crippen LogP contribution >= 0.6 is 0 Å². The molecule has 26 heavy (non-hydrogen) atoms. The lowest BCUT2D eigenvalue weighted by Gasteiger charge is -2.48. The summed E-state index contributed by atoms with van der Waals surface area (Å²) in [7, 11) is 0. The number of hydrogen-bond donors (Lipinski definition) is 0. The number of nitrogens with zero attached hydrogens (tertiary/aromatic N) is 5. The third kappa shape index (κ3) is 3.24. The number of hydrogen-bond acceptors (Lipinski definition) is 5. The summed E-state index contributed by atoms with van der Waals surface area (Å²) >= 11 is 0. The van der Waals surface area contributed by atoms with Gasteiger partial charge in [-0.1, -0.05) is 36.8 Å². The molecule has 0 radical (unpaired) electrons. The molecule has 2 fully saturated rings. The molecule has 2 saturated heterocycles. The van der Waals surface area contributed by atoms with E-state index in [0.717, 1.165) is 38.2 Å². The van der Waals surface area contributed by atoms with Gasteiger partial charge in [0.2, 0.25) is 0 Å². The maximum absolute atomic E-state index is 13.1. The molecule has 3 heterocycles. The second-order valence-corrected chi connectivity index (χ2v) is 6.99. The lowest BCUT2D eigenvalue weighted by molar-refractivity contribution is -0.0777. The fraction of sp³-hybridized carbons (Fsp3) is 0.526. The molecule has 2 atom stereocenters. The van der Waals surface area contributed by atoms with E-state index >= 15 is 0 Å². The van der Waals surface area contributed by atoms with Crippen molar-refractivity contribution in [1.82, 2.24) is 24.8 Å². The highest BCUT2D eigenvalue weighted by Crippen LogP contribution is 2.23. The molecule has 0 spiro atoms. The number of carbonyl (C=O) groups excluding carboxylic acids is 1. The number of amides is 1. The molecule has 2 aliphatic heterocycles. The molecule has 138 valence electrons. The van der Waals surface area contributed by atoms with E-state index in [0.29, 0.717) is 24.9 Å². The molecular weight excluding hydrogens is 330 g/mol. The highest BCUT2D eigenvalue weighted by atomic mass is 16.5. The standard InChI is InChI=1S/C19H25N5O2/c1-2-6-16-13-26-14-17-12-22(9-10-23(16)17)19(25)18-11-20-21-24(18)15-7-4-3-5-8-15/h3-5,7-8,11,16-17H,2,6,9-10,12-14H2,1H3/t16-,17+/m0/s1. The van der Waals surface area contributed by atoms with E-state index in [4.69, 9.17) is 4.74 Å². The first kappa shape index (κ1) is 17.2. The Morgan fingerprint density at radius 3 is 2.88 bits per heavy atom. The zero-order valence-electron chi connectivity index (χ0n) is 15.1. The van der Waals surface area contributed by atoms with Gasteiger partial charge in [-0.2, -0.15) is 0 Å². The van der Waals surface area contributed by atoms with E-state index < -0.39 is 0 Å². The van der Waals surface area contributed by atoms with Crippen molar-refractivity contribution in [3.05, 3.63) is 42.2 Å². The van der Waals surface area contributed by atoms with Crippen LogP contribution in [0.25, 0.3) is 5.69 Å². The average Bonchev–Trinajstić information content (AvgIpc) is 3.18. The van der Waals surface area contributed by atoms with Gasteiger partial charge in [-0.25, -0.2) is 4.68 Å². The fourth-order valence-electron chi connectivity index (χ4n) is 4.00. The number of rotatable bonds is 4. The zero-order chi connectivity index (χ0) is 17.9. The number of piperazine rings is 1. The van der Waals surface area contributed by atoms with Crippen LogP contribution in [0.15, 0.2) is 36.5 Å². The van der Waals surface area contributed by atoms with E-state index in [1.54, 1.807) is 10.9 Å². The average molecular weight is 355 g/mol. The summed E-state index contributed by atoms with van der Waals surface area (Å²) in [6.07, 6.45) is 3.86. The number of ether oxygens (including phenoxy) is 1. The minimum absolute atomic E-state index is 0.0175. The molecule has 1 aromatic carbocycles. The second kappa shape index (κ2) is 7.55. The van der Waals surface area contributed by atoms with Crippen molar-refractivity contribution < 1.29 is 9.53 Å². The maximum Gasteiger partial charge on any atom is 0.274 e. The van der Waals surface area contributed by atoms with Crippen LogP contribution in [0.4, 0.5) is 0 Å². The molecule has 0 unspecified atom stereocenters. The summed E-state index contributed by atoms with van der Waals surface area (Å²) in [5.41, 5.74) is 1.35. The summed E-state index contributed by atoms with van der Waals surface area (Å²) in [5, 5.41) is 8.07. The van der Waals surface area contributed by atoms with Crippen LogP contribution in [0.2, 0.25) is 0 Å². The van der Waals surface area contributed by atoms with E-state index in [2.05, 4.69) is 22.1 Å². The van der Waals surface area contributed by atoms with E-state index in [1.165, 1.54) is 0 Å². The van der Waals surface area contributed by atoms with Crippen molar-refractivity contribution >= 4 is 5.91 Å². The summed E-state index contributed by atoms with van der Waals surface area (Å²) in [6.45, 7) is 6.04. The minimum Gasteiger partial charge on any atom is -0.378 e. The summed E-state index contributed by atoms with van der Waals surface area (Å²) < 4.78 is 7.42. The van der Waals surface area contributed by atoms with Crippen molar-refractivity contribution in [2.45, 2.75) is 31.8 Å². The normalized spacial score (nSPS) is 23.7. The predicted molar refractivity (Wildman–Crippen MR) is 97.3 cm³/mol. The Labute approximate surface area is 153 Å². The van der Waals surface area contributed by atoms with Gasteiger partial charge in [0.25, 0.3) is 5.91 Å². The minimum atomic E-state index is -0.0175. The molecule has 0 aliphatic carbocycles. The van der Waals surface area contributed by atoms with E-state index in [1.807, 2.05) is 35.2 Å². The Hall–Kier alpha value is -2.25. The van der Waals surface area contributed by atoms with Crippen LogP contribution < -0.4 is 0 Å². The first-order valence-electron chi connectivity index (χ1n) is 9.37. The maximum atomic E-state index is 13.1. The topological polar surface area (TPSA) is 63.5 Å². The quantitative estimate of drug-likeness (QED) is 0.833. The van der Waals surface area contributed by atoms with Crippen molar-refractivity contribution in [1.29, 1.82) is 0 Å². The Balaban J connectivity index is 1.50. The Kier molecular flexibility index (Phi) is 4.99. The molecule has 1 aromatic heterocycles. The van der Waals surface area contributed by atoms with Gasteiger partial charge in [0.1, 0.15) is 0 Å². The first-order chi connectivity index (χ1) is 12.8. The molecule has 2 aromatic rings. The number of aromatic nitrogens is 3. The van der Waals surface area contributed by atoms with Gasteiger partial charge in [-0.15, -0.1) is 5.10 Å². The van der Waals surface area contributed by atoms with Gasteiger partial charge in [-0.05, 0) is 18.6 Å². The number of benzene rings is 1. The van der Waals surface area contributed by atoms with Gasteiger partial charge < -0.3 is 9.64 Å². The van der Waals surface area contributed by atoms with Gasteiger partial charge in [0, 0.05) is 25.7 Å². The monoisotopic (exact) mass is 355 g/mol. The molecule has 7 heteroatoms. The molecule has 0 saturated carbocycles. The second-order valence-electron chi connectivity index (χ2n) is 6.99. The van der Waals surface area contributed by atoms with Crippen molar-refractivity contribution in [2.75, 3.05) is 32.8 Å². The van der Waals surface area contributed by atoms with E-state index in [-0.39, 0.29) is 11.9 Å². The number of fused-ring (bicyclic) bond motifs is 1. The third-order valence-corrected chi connectivity index (χ3v) is 5.30. The lowest BCUT2D eigenvalue weighted by atomic mass is 10.0. The van der Waals surface area contributed by atoms with Crippen LogP contribution in [0.5, 0.6) is 0 Å². The molecule has 2 aliphatic rings. The first-order valence-corrected chi connectivity index (χ1v) is 9.37. The van der Waals surface area contributed by atoms with E-state index in [9.17, 15) is 4.79 Å². The Morgan fingerprint density at radius 2 is 2.08 bits per heavy atom. The largest absolute Gasteiger partial charge is 0.378 e. The Bertz CT molecular complexity index is 745. The summed E-state index contributed by atoms with van der Waals surface area (Å²) in [5.74, 6) is -0.0175. The molecular formula is C19H25N5O2. The van der Waals surface area contributed by atoms with Crippen LogP contribution in [0, 0.1) is 0 Å². The third-order valence-electron chi connectivity index (χ3n) is 5.30. The lowest BCUT2D eigenvalue weighted by Crippen LogP contribution is -2.62. The molecule has 4 rings (SSSR count). The molecule has 0 N–H and O–H groups in total. The SMILES string of the molecule is CCC[C@H]1COC[C@H]2CN(C(=O)c3cnnn3-c3ccccc3)CCN12. The molecule has 0 bridgehead atoms. The number of morpholine rings is 1. The van der Waals surface area contributed by atoms with Crippen LogP contribution in [0.3, 0.4) is 0 Å². The van der Waals surface area contributed by atoms with Crippen molar-refractivity contribution in [3.8, 4) is 5.69 Å². The number of para-hydroxylation sites is 1.